The Balaban J connectivity index is 1.80. The lowest BCUT2D eigenvalue weighted by Gasteiger charge is -2.22. The van der Waals surface area contributed by atoms with Crippen LogP contribution in [0, 0.1) is 33.1 Å². The van der Waals surface area contributed by atoms with Gasteiger partial charge in [-0.3, -0.25) is 15.1 Å². The molecule has 1 aromatic carbocycles. The number of hydrogen-bond donors (Lipinski definition) is 1. The van der Waals surface area contributed by atoms with Crippen LogP contribution >= 0.6 is 11.8 Å². The van der Waals surface area contributed by atoms with Gasteiger partial charge < -0.3 is 4.57 Å². The summed E-state index contributed by atoms with van der Waals surface area (Å²) in [4.78, 5) is 18.2. The van der Waals surface area contributed by atoms with E-state index in [0.717, 1.165) is 22.6 Å². The third-order valence-corrected chi connectivity index (χ3v) is 5.63. The van der Waals surface area contributed by atoms with E-state index in [4.69, 9.17) is 5.41 Å². The zero-order valence-electron chi connectivity index (χ0n) is 15.7. The minimum Gasteiger partial charge on any atom is -0.318 e. The highest BCUT2D eigenvalue weighted by atomic mass is 32.2. The Kier molecular flexibility index (Phi) is 4.15. The number of nitrogens with one attached hydrogen (secondary N) is 1. The lowest BCUT2D eigenvalue weighted by molar-refractivity contribution is -0.114. The summed E-state index contributed by atoms with van der Waals surface area (Å²) in [6.45, 7) is 8.28. The van der Waals surface area contributed by atoms with Crippen LogP contribution in [0.5, 0.6) is 0 Å². The van der Waals surface area contributed by atoms with Crippen LogP contribution in [0.25, 0.3) is 11.8 Å². The number of aromatic nitrogens is 1. The molecule has 2 aliphatic heterocycles. The van der Waals surface area contributed by atoms with Crippen molar-refractivity contribution >= 4 is 34.7 Å². The molecule has 0 fully saturated rings. The number of rotatable bonds is 2. The van der Waals surface area contributed by atoms with Crippen LogP contribution in [0.3, 0.4) is 0 Å². The molecular weight excluding hydrogens is 356 g/mol. The molecule has 2 aromatic rings. The number of fused-ring (bicyclic) bond motifs is 1. The summed E-state index contributed by atoms with van der Waals surface area (Å²) in [6, 6.07) is 8.45. The van der Waals surface area contributed by atoms with Gasteiger partial charge in [0.25, 0.3) is 5.91 Å². The van der Waals surface area contributed by atoms with Crippen LogP contribution < -0.4 is 0 Å². The first-order valence-corrected chi connectivity index (χ1v) is 9.57. The lowest BCUT2D eigenvalue weighted by atomic mass is 10.1. The van der Waals surface area contributed by atoms with Crippen molar-refractivity contribution in [2.45, 2.75) is 27.7 Å². The molecular formula is C21H20N4OS. The average molecular weight is 376 g/mol. The first kappa shape index (κ1) is 17.5. The average Bonchev–Trinajstić information content (AvgIpc) is 3.17. The highest BCUT2D eigenvalue weighted by Crippen LogP contribution is 2.29. The summed E-state index contributed by atoms with van der Waals surface area (Å²) in [6.07, 6.45) is 3.55. The summed E-state index contributed by atoms with van der Waals surface area (Å²) < 4.78 is 2.19. The van der Waals surface area contributed by atoms with Gasteiger partial charge in [0, 0.05) is 23.3 Å². The number of aryl methyl sites for hydroxylation is 3. The van der Waals surface area contributed by atoms with E-state index in [9.17, 15) is 4.79 Å². The maximum atomic E-state index is 12.4. The molecule has 2 aliphatic rings. The highest BCUT2D eigenvalue weighted by Gasteiger charge is 2.31. The van der Waals surface area contributed by atoms with Crippen molar-refractivity contribution in [3.8, 4) is 5.69 Å². The van der Waals surface area contributed by atoms with E-state index < -0.39 is 0 Å². The summed E-state index contributed by atoms with van der Waals surface area (Å²) in [5, 5.41) is 10.8. The van der Waals surface area contributed by atoms with E-state index in [1.165, 1.54) is 22.9 Å². The molecule has 1 N–H and O–H groups in total. The van der Waals surface area contributed by atoms with Crippen molar-refractivity contribution in [2.24, 2.45) is 4.99 Å². The Morgan fingerprint density at radius 3 is 2.67 bits per heavy atom. The Morgan fingerprint density at radius 2 is 1.93 bits per heavy atom. The molecule has 0 unspecified atom stereocenters. The molecule has 0 atom stereocenters. The second kappa shape index (κ2) is 6.39. The molecule has 27 heavy (non-hydrogen) atoms. The van der Waals surface area contributed by atoms with Crippen molar-refractivity contribution < 1.29 is 4.79 Å². The van der Waals surface area contributed by atoms with Crippen LogP contribution in [-0.2, 0) is 4.79 Å². The number of amidine groups is 2. The largest absolute Gasteiger partial charge is 0.318 e. The number of aliphatic imine (C=N–C) groups is 1. The molecule has 0 aliphatic carbocycles. The van der Waals surface area contributed by atoms with Gasteiger partial charge in [0.2, 0.25) is 0 Å². The molecule has 1 aromatic heterocycles. The third kappa shape index (κ3) is 2.86. The second-order valence-electron chi connectivity index (χ2n) is 6.83. The number of thioether (sulfide) groups is 1. The quantitative estimate of drug-likeness (QED) is 0.786. The lowest BCUT2D eigenvalue weighted by Crippen LogP contribution is -2.35. The molecule has 0 saturated carbocycles. The fourth-order valence-electron chi connectivity index (χ4n) is 3.55. The van der Waals surface area contributed by atoms with Crippen LogP contribution in [0.4, 0.5) is 0 Å². The van der Waals surface area contributed by atoms with Gasteiger partial charge in [0.1, 0.15) is 5.84 Å². The molecule has 6 heteroatoms. The monoisotopic (exact) mass is 376 g/mol. The van der Waals surface area contributed by atoms with Gasteiger partial charge >= 0.3 is 0 Å². The fourth-order valence-corrected chi connectivity index (χ4v) is 4.25. The summed E-state index contributed by atoms with van der Waals surface area (Å²) >= 11 is 1.35. The minimum atomic E-state index is -0.362. The minimum absolute atomic E-state index is 0.169. The zero-order chi connectivity index (χ0) is 19.3. The zero-order valence-corrected chi connectivity index (χ0v) is 16.5. The van der Waals surface area contributed by atoms with Crippen LogP contribution in [-0.4, -0.2) is 26.4 Å². The summed E-state index contributed by atoms with van der Waals surface area (Å²) in [5.41, 5.74) is 6.92. The van der Waals surface area contributed by atoms with E-state index in [1.54, 1.807) is 17.2 Å². The number of nitrogens with zero attached hydrogens (tertiary/aromatic N) is 3. The van der Waals surface area contributed by atoms with Crippen molar-refractivity contribution in [3.05, 3.63) is 69.5 Å². The highest BCUT2D eigenvalue weighted by molar-refractivity contribution is 8.16. The fraction of sp³-hybridized carbons (Fsp3) is 0.190. The van der Waals surface area contributed by atoms with Gasteiger partial charge in [-0.1, -0.05) is 29.5 Å². The van der Waals surface area contributed by atoms with Gasteiger partial charge in [0.05, 0.1) is 5.57 Å². The van der Waals surface area contributed by atoms with E-state index in [1.807, 2.05) is 12.3 Å². The SMILES string of the molecule is Cc1ccc(-n2c(C)cc(C=C3C(=N)N4C=CSC4=NC3=O)c2C)c(C)c1. The van der Waals surface area contributed by atoms with E-state index in [2.05, 4.69) is 54.6 Å². The number of benzene rings is 1. The second-order valence-corrected chi connectivity index (χ2v) is 7.70. The standard InChI is InChI=1S/C21H20N4OS/c1-12-5-6-18(13(2)9-12)25-14(3)10-16(15(25)4)11-17-19(22)24-7-8-27-21(24)23-20(17)26/h5-11,22H,1-4H3. The summed E-state index contributed by atoms with van der Waals surface area (Å²) in [7, 11) is 0. The van der Waals surface area contributed by atoms with E-state index in [-0.39, 0.29) is 11.7 Å². The molecule has 0 saturated heterocycles. The topological polar surface area (TPSA) is 61.5 Å². The molecule has 3 heterocycles. The van der Waals surface area contributed by atoms with E-state index >= 15 is 0 Å². The Bertz CT molecular complexity index is 1090. The van der Waals surface area contributed by atoms with Gasteiger partial charge in [0.15, 0.2) is 5.17 Å². The normalized spacial score (nSPS) is 17.7. The predicted molar refractivity (Wildman–Crippen MR) is 111 cm³/mol. The van der Waals surface area contributed by atoms with Crippen LogP contribution in [0.1, 0.15) is 28.1 Å². The van der Waals surface area contributed by atoms with E-state index in [0.29, 0.717) is 10.7 Å². The molecule has 136 valence electrons. The first-order valence-electron chi connectivity index (χ1n) is 8.69. The van der Waals surface area contributed by atoms with Crippen molar-refractivity contribution in [2.75, 3.05) is 0 Å². The summed E-state index contributed by atoms with van der Waals surface area (Å²) in [5.74, 6) is -0.193. The number of carbonyl (C=O) groups excluding carboxylic acids is 1. The molecule has 0 spiro atoms. The van der Waals surface area contributed by atoms with Crippen molar-refractivity contribution in [1.29, 1.82) is 5.41 Å². The Labute approximate surface area is 162 Å². The number of hydrogen-bond acceptors (Lipinski definition) is 3. The van der Waals surface area contributed by atoms with Crippen molar-refractivity contribution in [3.63, 3.8) is 0 Å². The maximum absolute atomic E-state index is 12.4. The third-order valence-electron chi connectivity index (χ3n) is 4.88. The Morgan fingerprint density at radius 1 is 1.15 bits per heavy atom. The van der Waals surface area contributed by atoms with Gasteiger partial charge in [-0.25, -0.2) is 0 Å². The first-order chi connectivity index (χ1) is 12.9. The maximum Gasteiger partial charge on any atom is 0.283 e. The smallest absolute Gasteiger partial charge is 0.283 e. The predicted octanol–water partition coefficient (Wildman–Crippen LogP) is 4.49. The Hall–Kier alpha value is -2.86. The van der Waals surface area contributed by atoms with Gasteiger partial charge in [-0.2, -0.15) is 4.99 Å². The van der Waals surface area contributed by atoms with Crippen LogP contribution in [0.15, 0.2) is 46.4 Å². The van der Waals surface area contributed by atoms with Gasteiger partial charge in [-0.15, -0.1) is 0 Å². The number of amides is 1. The van der Waals surface area contributed by atoms with Crippen LogP contribution in [0.2, 0.25) is 0 Å². The molecule has 1 amide bonds. The van der Waals surface area contributed by atoms with Gasteiger partial charge in [-0.05, 0) is 62.4 Å². The molecule has 5 nitrogen and oxygen atoms in total. The number of carbonyl (C=O) groups is 1. The molecule has 4 rings (SSSR count). The molecule has 0 bridgehead atoms. The molecule has 0 radical (unpaired) electrons. The van der Waals surface area contributed by atoms with Crippen molar-refractivity contribution in [1.82, 2.24) is 9.47 Å².